The molecule has 2 heterocycles. The summed E-state index contributed by atoms with van der Waals surface area (Å²) in [7, 11) is -3.56. The van der Waals surface area contributed by atoms with Crippen molar-refractivity contribution in [2.24, 2.45) is 4.40 Å². The molecule has 1 aromatic carbocycles. The fourth-order valence-electron chi connectivity index (χ4n) is 2.46. The van der Waals surface area contributed by atoms with Crippen molar-refractivity contribution >= 4 is 15.9 Å². The zero-order chi connectivity index (χ0) is 12.8. The van der Waals surface area contributed by atoms with Gasteiger partial charge in [0.1, 0.15) is 4.90 Å². The fraction of sp³-hybridized carbons (Fsp3) is 0.417. The molecule has 0 aliphatic carbocycles. The summed E-state index contributed by atoms with van der Waals surface area (Å²) in [6.45, 7) is 1.18. The fourth-order valence-corrected chi connectivity index (χ4v) is 3.69. The summed E-state index contributed by atoms with van der Waals surface area (Å²) in [5, 5.41) is 9.67. The molecule has 5 nitrogen and oxygen atoms in total. The standard InChI is InChI=1S/C12H14N2O3S/c15-9-4-3-7-14(8-9)12-10-5-1-2-6-11(10)18(16,17)13-12/h1-2,5-6,9,15H,3-4,7-8H2/t9-/m0/s1. The Hall–Kier alpha value is -1.40. The monoisotopic (exact) mass is 266 g/mol. The number of piperidine rings is 1. The Morgan fingerprint density at radius 1 is 1.33 bits per heavy atom. The van der Waals surface area contributed by atoms with Crippen LogP contribution in [0.2, 0.25) is 0 Å². The number of benzene rings is 1. The first-order valence-corrected chi connectivity index (χ1v) is 7.39. The van der Waals surface area contributed by atoms with Crippen LogP contribution in [0.3, 0.4) is 0 Å². The molecule has 0 aromatic heterocycles. The van der Waals surface area contributed by atoms with E-state index in [0.717, 1.165) is 19.4 Å². The van der Waals surface area contributed by atoms with E-state index < -0.39 is 16.1 Å². The Bertz CT molecular complexity index is 610. The minimum Gasteiger partial charge on any atom is -0.391 e. The van der Waals surface area contributed by atoms with Gasteiger partial charge in [-0.05, 0) is 25.0 Å². The van der Waals surface area contributed by atoms with Crippen LogP contribution in [0.1, 0.15) is 18.4 Å². The molecule has 0 amide bonds. The lowest BCUT2D eigenvalue weighted by atomic mass is 10.1. The summed E-state index contributed by atoms with van der Waals surface area (Å²) in [5.74, 6) is 0.476. The number of hydrogen-bond acceptors (Lipinski definition) is 4. The maximum atomic E-state index is 11.9. The van der Waals surface area contributed by atoms with Crippen LogP contribution in [0.25, 0.3) is 0 Å². The second kappa shape index (κ2) is 4.07. The second-order valence-electron chi connectivity index (χ2n) is 4.63. The summed E-state index contributed by atoms with van der Waals surface area (Å²) in [6, 6.07) is 6.83. The van der Waals surface area contributed by atoms with Crippen LogP contribution in [0.15, 0.2) is 33.6 Å². The van der Waals surface area contributed by atoms with Gasteiger partial charge in [-0.1, -0.05) is 12.1 Å². The van der Waals surface area contributed by atoms with Crippen LogP contribution in [0.4, 0.5) is 0 Å². The first-order valence-electron chi connectivity index (χ1n) is 5.95. The zero-order valence-corrected chi connectivity index (χ0v) is 10.6. The van der Waals surface area contributed by atoms with Gasteiger partial charge in [0.25, 0.3) is 10.0 Å². The van der Waals surface area contributed by atoms with Gasteiger partial charge in [-0.25, -0.2) is 0 Å². The number of likely N-dealkylation sites (tertiary alicyclic amines) is 1. The summed E-state index contributed by atoms with van der Waals surface area (Å²) in [5.41, 5.74) is 0.645. The zero-order valence-electron chi connectivity index (χ0n) is 9.78. The quantitative estimate of drug-likeness (QED) is 0.746. The normalized spacial score (nSPS) is 25.7. The van der Waals surface area contributed by atoms with Gasteiger partial charge in [0.05, 0.1) is 6.10 Å². The molecule has 3 rings (SSSR count). The molecule has 0 saturated carbocycles. The summed E-state index contributed by atoms with van der Waals surface area (Å²) in [4.78, 5) is 2.12. The van der Waals surface area contributed by atoms with E-state index in [1.807, 2.05) is 4.90 Å². The Morgan fingerprint density at radius 3 is 2.89 bits per heavy atom. The maximum Gasteiger partial charge on any atom is 0.285 e. The van der Waals surface area contributed by atoms with Crippen LogP contribution in [-0.4, -0.2) is 43.5 Å². The molecule has 1 N–H and O–H groups in total. The van der Waals surface area contributed by atoms with Crippen LogP contribution in [-0.2, 0) is 10.0 Å². The largest absolute Gasteiger partial charge is 0.391 e. The first-order chi connectivity index (χ1) is 8.58. The number of nitrogens with zero attached hydrogens (tertiary/aromatic N) is 2. The highest BCUT2D eigenvalue weighted by atomic mass is 32.2. The molecular weight excluding hydrogens is 252 g/mol. The number of sulfonamides is 1. The van der Waals surface area contributed by atoms with Gasteiger partial charge < -0.3 is 10.0 Å². The molecular formula is C12H14N2O3S. The number of fused-ring (bicyclic) bond motifs is 1. The molecule has 1 fully saturated rings. The first kappa shape index (κ1) is 11.7. The Morgan fingerprint density at radius 2 is 2.11 bits per heavy atom. The average molecular weight is 266 g/mol. The van der Waals surface area contributed by atoms with Crippen molar-refractivity contribution in [1.29, 1.82) is 0 Å². The summed E-state index contributed by atoms with van der Waals surface area (Å²) in [6.07, 6.45) is 1.21. The van der Waals surface area contributed by atoms with Crippen molar-refractivity contribution < 1.29 is 13.5 Å². The van der Waals surface area contributed by atoms with E-state index in [1.54, 1.807) is 24.3 Å². The highest BCUT2D eigenvalue weighted by molar-refractivity contribution is 7.90. The predicted octanol–water partition coefficient (Wildman–Crippen LogP) is 0.592. The van der Waals surface area contributed by atoms with Crippen LogP contribution in [0.5, 0.6) is 0 Å². The number of aliphatic hydroxyl groups is 1. The van der Waals surface area contributed by atoms with Crippen LogP contribution >= 0.6 is 0 Å². The molecule has 96 valence electrons. The molecule has 0 spiro atoms. The van der Waals surface area contributed by atoms with E-state index >= 15 is 0 Å². The van der Waals surface area contributed by atoms with E-state index in [4.69, 9.17) is 0 Å². The molecule has 0 bridgehead atoms. The number of hydrogen-bond donors (Lipinski definition) is 1. The Balaban J connectivity index is 2.04. The van der Waals surface area contributed by atoms with Crippen molar-refractivity contribution in [1.82, 2.24) is 4.90 Å². The average Bonchev–Trinajstić information content (AvgIpc) is 2.63. The summed E-state index contributed by atoms with van der Waals surface area (Å²) >= 11 is 0. The third-order valence-electron chi connectivity index (χ3n) is 3.31. The van der Waals surface area contributed by atoms with Gasteiger partial charge >= 0.3 is 0 Å². The third-order valence-corrected chi connectivity index (χ3v) is 4.63. The smallest absolute Gasteiger partial charge is 0.285 e. The van der Waals surface area contributed by atoms with E-state index in [1.165, 1.54) is 0 Å². The van der Waals surface area contributed by atoms with Crippen molar-refractivity contribution in [3.63, 3.8) is 0 Å². The molecule has 1 saturated heterocycles. The van der Waals surface area contributed by atoms with E-state index in [0.29, 0.717) is 17.9 Å². The van der Waals surface area contributed by atoms with Gasteiger partial charge in [-0.3, -0.25) is 0 Å². The molecule has 1 aromatic rings. The van der Waals surface area contributed by atoms with Crippen molar-refractivity contribution in [2.75, 3.05) is 13.1 Å². The van der Waals surface area contributed by atoms with Crippen molar-refractivity contribution in [2.45, 2.75) is 23.8 Å². The van der Waals surface area contributed by atoms with E-state index in [2.05, 4.69) is 4.40 Å². The Kier molecular flexibility index (Phi) is 2.64. The molecule has 1 atom stereocenters. The molecule has 6 heteroatoms. The second-order valence-corrected chi connectivity index (χ2v) is 6.20. The predicted molar refractivity (Wildman–Crippen MR) is 67.0 cm³/mol. The molecule has 2 aliphatic rings. The minimum atomic E-state index is -3.56. The molecule has 0 radical (unpaired) electrons. The van der Waals surface area contributed by atoms with Crippen LogP contribution < -0.4 is 0 Å². The van der Waals surface area contributed by atoms with Gasteiger partial charge in [-0.15, -0.1) is 4.40 Å². The molecule has 2 aliphatic heterocycles. The lowest BCUT2D eigenvalue weighted by Crippen LogP contribution is -2.42. The van der Waals surface area contributed by atoms with E-state index in [-0.39, 0.29) is 4.90 Å². The van der Waals surface area contributed by atoms with Crippen LogP contribution in [0, 0.1) is 0 Å². The topological polar surface area (TPSA) is 70.0 Å². The molecule has 0 unspecified atom stereocenters. The highest BCUT2D eigenvalue weighted by Gasteiger charge is 2.33. The lowest BCUT2D eigenvalue weighted by molar-refractivity contribution is 0.103. The van der Waals surface area contributed by atoms with E-state index in [9.17, 15) is 13.5 Å². The van der Waals surface area contributed by atoms with Gasteiger partial charge in [-0.2, -0.15) is 8.42 Å². The minimum absolute atomic E-state index is 0.264. The highest BCUT2D eigenvalue weighted by Crippen LogP contribution is 2.28. The SMILES string of the molecule is O=S1(=O)N=C(N2CCC[C@H](O)C2)c2ccccc21. The number of amidine groups is 1. The number of β-amino-alcohol motifs (C(OH)–C–C–N with tert-alkyl or cyclic N) is 1. The molecule has 18 heavy (non-hydrogen) atoms. The van der Waals surface area contributed by atoms with Crippen molar-refractivity contribution in [3.05, 3.63) is 29.8 Å². The van der Waals surface area contributed by atoms with Gasteiger partial charge in [0.2, 0.25) is 0 Å². The maximum absolute atomic E-state index is 11.9. The summed E-state index contributed by atoms with van der Waals surface area (Å²) < 4.78 is 27.7. The number of aliphatic hydroxyl groups excluding tert-OH is 1. The lowest BCUT2D eigenvalue weighted by Gasteiger charge is -2.31. The Labute approximate surface area is 106 Å². The van der Waals surface area contributed by atoms with Gasteiger partial charge in [0.15, 0.2) is 5.84 Å². The number of rotatable bonds is 0. The van der Waals surface area contributed by atoms with Crippen molar-refractivity contribution in [3.8, 4) is 0 Å². The van der Waals surface area contributed by atoms with Gasteiger partial charge in [0, 0.05) is 18.7 Å². The third kappa shape index (κ3) is 1.81.